The minimum absolute atomic E-state index is 0.317. The van der Waals surface area contributed by atoms with Gasteiger partial charge in [-0.1, -0.05) is 12.1 Å². The normalized spacial score (nSPS) is 18.0. The van der Waals surface area contributed by atoms with Crippen molar-refractivity contribution in [1.29, 1.82) is 0 Å². The second-order valence-electron chi connectivity index (χ2n) is 6.25. The molecule has 2 aromatic heterocycles. The Morgan fingerprint density at radius 2 is 2.08 bits per heavy atom. The lowest BCUT2D eigenvalue weighted by molar-refractivity contribution is 0.561. The molecule has 0 bridgehead atoms. The van der Waals surface area contributed by atoms with E-state index in [1.807, 2.05) is 0 Å². The van der Waals surface area contributed by atoms with E-state index in [9.17, 15) is 12.8 Å². The molecular weight excluding hydrogens is 341 g/mol. The molecule has 130 valence electrons. The molecule has 1 fully saturated rings. The Bertz CT molecular complexity index is 1020. The van der Waals surface area contributed by atoms with Crippen LogP contribution in [-0.4, -0.2) is 30.0 Å². The van der Waals surface area contributed by atoms with Crippen LogP contribution in [0, 0.1) is 5.82 Å². The molecule has 1 aliphatic rings. The summed E-state index contributed by atoms with van der Waals surface area (Å²) in [5.74, 6) is -0.757. The van der Waals surface area contributed by atoms with Gasteiger partial charge in [-0.25, -0.2) is 16.8 Å². The third-order valence-electron chi connectivity index (χ3n) is 4.60. The van der Waals surface area contributed by atoms with E-state index >= 15 is 0 Å². The Balaban J connectivity index is 1.86. The van der Waals surface area contributed by atoms with Crippen molar-refractivity contribution >= 4 is 21.1 Å². The van der Waals surface area contributed by atoms with Gasteiger partial charge in [0.25, 0.3) is 10.0 Å². The van der Waals surface area contributed by atoms with E-state index in [2.05, 4.69) is 10.3 Å². The molecule has 3 aromatic rings. The number of fused-ring (bicyclic) bond motifs is 1. The van der Waals surface area contributed by atoms with Gasteiger partial charge in [0, 0.05) is 18.4 Å². The molecule has 0 saturated carbocycles. The first-order valence-electron chi connectivity index (χ1n) is 8.26. The van der Waals surface area contributed by atoms with Crippen LogP contribution in [0.3, 0.4) is 0 Å². The molecule has 7 heteroatoms. The summed E-state index contributed by atoms with van der Waals surface area (Å²) in [6.07, 6.45) is 6.10. The Kier molecular flexibility index (Phi) is 4.05. The van der Waals surface area contributed by atoms with Crippen LogP contribution in [0.25, 0.3) is 11.0 Å². The fourth-order valence-electron chi connectivity index (χ4n) is 3.40. The minimum Gasteiger partial charge on any atom is -0.314 e. The van der Waals surface area contributed by atoms with Crippen molar-refractivity contribution in [3.63, 3.8) is 0 Å². The molecule has 5 nitrogen and oxygen atoms in total. The summed E-state index contributed by atoms with van der Waals surface area (Å²) in [5, 5.41) is 3.41. The van der Waals surface area contributed by atoms with Crippen LogP contribution in [0.5, 0.6) is 0 Å². The first-order valence-corrected chi connectivity index (χ1v) is 9.70. The maximum absolute atomic E-state index is 14.1. The van der Waals surface area contributed by atoms with Crippen molar-refractivity contribution in [2.45, 2.75) is 30.2 Å². The first kappa shape index (κ1) is 16.2. The van der Waals surface area contributed by atoms with Crippen LogP contribution >= 0.6 is 0 Å². The average molecular weight is 359 g/mol. The molecule has 4 rings (SSSR count). The van der Waals surface area contributed by atoms with Crippen LogP contribution in [0.1, 0.15) is 18.4 Å². The van der Waals surface area contributed by atoms with Gasteiger partial charge in [-0.3, -0.25) is 4.98 Å². The lowest BCUT2D eigenvalue weighted by atomic mass is 10.1. The smallest absolute Gasteiger partial charge is 0.271 e. The number of hydrogen-bond donors (Lipinski definition) is 1. The molecule has 1 atom stereocenters. The maximum atomic E-state index is 14.1. The van der Waals surface area contributed by atoms with Gasteiger partial charge in [-0.2, -0.15) is 0 Å². The summed E-state index contributed by atoms with van der Waals surface area (Å²) in [4.78, 5) is 4.03. The summed E-state index contributed by atoms with van der Waals surface area (Å²) < 4.78 is 41.2. The summed E-state index contributed by atoms with van der Waals surface area (Å²) in [6.45, 7) is 0.976. The number of aromatic nitrogens is 2. The van der Waals surface area contributed by atoms with Crippen LogP contribution < -0.4 is 5.32 Å². The van der Waals surface area contributed by atoms with Crippen LogP contribution in [0.4, 0.5) is 4.39 Å². The highest BCUT2D eigenvalue weighted by Crippen LogP contribution is 2.27. The second-order valence-corrected chi connectivity index (χ2v) is 8.04. The van der Waals surface area contributed by atoms with Crippen molar-refractivity contribution in [1.82, 2.24) is 14.3 Å². The molecule has 0 amide bonds. The number of rotatable bonds is 4. The third-order valence-corrected chi connectivity index (χ3v) is 6.31. The molecular formula is C18H18FN3O2S. The molecule has 1 aromatic carbocycles. The summed E-state index contributed by atoms with van der Waals surface area (Å²) in [5.41, 5.74) is 1.98. The zero-order valence-corrected chi connectivity index (χ0v) is 14.3. The predicted octanol–water partition coefficient (Wildman–Crippen LogP) is 2.71. The van der Waals surface area contributed by atoms with E-state index in [0.29, 0.717) is 23.5 Å². The predicted molar refractivity (Wildman–Crippen MR) is 93.4 cm³/mol. The van der Waals surface area contributed by atoms with Gasteiger partial charge in [-0.05, 0) is 55.6 Å². The van der Waals surface area contributed by atoms with Gasteiger partial charge in [0.15, 0.2) is 0 Å². The van der Waals surface area contributed by atoms with Crippen molar-refractivity contribution < 1.29 is 12.8 Å². The fraction of sp³-hybridized carbons (Fsp3) is 0.278. The Labute approximate surface area is 145 Å². The molecule has 1 N–H and O–H groups in total. The number of halogens is 1. The van der Waals surface area contributed by atoms with Crippen molar-refractivity contribution in [2.75, 3.05) is 6.54 Å². The summed E-state index contributed by atoms with van der Waals surface area (Å²) in [6, 6.07) is 9.13. The molecule has 0 radical (unpaired) electrons. The van der Waals surface area contributed by atoms with Crippen LogP contribution in [0.15, 0.2) is 53.7 Å². The topological polar surface area (TPSA) is 64.0 Å². The van der Waals surface area contributed by atoms with E-state index in [0.717, 1.165) is 35.0 Å². The number of hydrogen-bond acceptors (Lipinski definition) is 4. The van der Waals surface area contributed by atoms with Gasteiger partial charge in [0.05, 0.1) is 11.0 Å². The van der Waals surface area contributed by atoms with Gasteiger partial charge < -0.3 is 5.32 Å². The number of benzene rings is 1. The summed E-state index contributed by atoms with van der Waals surface area (Å²) >= 11 is 0. The van der Waals surface area contributed by atoms with Crippen LogP contribution in [-0.2, 0) is 16.4 Å². The van der Waals surface area contributed by atoms with E-state index in [1.54, 1.807) is 24.5 Å². The lowest BCUT2D eigenvalue weighted by Crippen LogP contribution is -2.23. The molecule has 1 aliphatic heterocycles. The SMILES string of the molecule is O=S(=O)(c1ccccc1F)n1cc(C[C@@H]2CCCN2)c2ncccc21. The standard InChI is InChI=1S/C18H18FN3O2S/c19-15-6-1-2-8-17(15)25(23,24)22-12-13(11-14-5-3-9-20-14)18-16(22)7-4-10-21-18/h1-2,4,6-8,10,12,14,20H,3,5,9,11H2/t14-/m0/s1. The largest absolute Gasteiger partial charge is 0.314 e. The number of nitrogens with one attached hydrogen (secondary N) is 1. The van der Waals surface area contributed by atoms with E-state index < -0.39 is 15.8 Å². The molecule has 0 spiro atoms. The molecule has 0 aliphatic carbocycles. The lowest BCUT2D eigenvalue weighted by Gasteiger charge is -2.08. The maximum Gasteiger partial charge on any atom is 0.271 e. The fourth-order valence-corrected chi connectivity index (χ4v) is 4.85. The highest BCUT2D eigenvalue weighted by atomic mass is 32.2. The molecule has 1 saturated heterocycles. The van der Waals surface area contributed by atoms with Crippen molar-refractivity contribution in [3.05, 3.63) is 60.2 Å². The monoisotopic (exact) mass is 359 g/mol. The van der Waals surface area contributed by atoms with E-state index in [-0.39, 0.29) is 4.90 Å². The molecule has 3 heterocycles. The van der Waals surface area contributed by atoms with Gasteiger partial charge in [-0.15, -0.1) is 0 Å². The van der Waals surface area contributed by atoms with Gasteiger partial charge in [0.2, 0.25) is 0 Å². The molecule has 25 heavy (non-hydrogen) atoms. The second kappa shape index (κ2) is 6.24. The third kappa shape index (κ3) is 2.83. The number of nitrogens with zero attached hydrogens (tertiary/aromatic N) is 2. The average Bonchev–Trinajstić information content (AvgIpc) is 3.24. The minimum atomic E-state index is -4.03. The first-order chi connectivity index (χ1) is 12.1. The highest BCUT2D eigenvalue weighted by Gasteiger charge is 2.26. The highest BCUT2D eigenvalue weighted by molar-refractivity contribution is 7.90. The van der Waals surface area contributed by atoms with E-state index in [4.69, 9.17) is 0 Å². The zero-order chi connectivity index (χ0) is 17.4. The zero-order valence-electron chi connectivity index (χ0n) is 13.5. The quantitative estimate of drug-likeness (QED) is 0.778. The van der Waals surface area contributed by atoms with Gasteiger partial charge in [0.1, 0.15) is 10.7 Å². The Morgan fingerprint density at radius 3 is 2.84 bits per heavy atom. The van der Waals surface area contributed by atoms with Gasteiger partial charge >= 0.3 is 0 Å². The molecule has 0 unspecified atom stereocenters. The Hall–Kier alpha value is -2.25. The van der Waals surface area contributed by atoms with E-state index in [1.165, 1.54) is 18.2 Å². The van der Waals surface area contributed by atoms with Crippen molar-refractivity contribution in [3.8, 4) is 0 Å². The number of pyridine rings is 1. The van der Waals surface area contributed by atoms with Crippen molar-refractivity contribution in [2.24, 2.45) is 0 Å². The van der Waals surface area contributed by atoms with Crippen LogP contribution in [0.2, 0.25) is 0 Å². The summed E-state index contributed by atoms with van der Waals surface area (Å²) in [7, 11) is -4.03. The Morgan fingerprint density at radius 1 is 1.24 bits per heavy atom.